The molecule has 0 aliphatic heterocycles. The maximum absolute atomic E-state index is 12.8. The van der Waals surface area contributed by atoms with E-state index in [1.807, 2.05) is 6.92 Å². The average Bonchev–Trinajstić information content (AvgIpc) is 2.69. The highest BCUT2D eigenvalue weighted by Crippen LogP contribution is 2.37. The van der Waals surface area contributed by atoms with E-state index in [0.29, 0.717) is 52.4 Å². The van der Waals surface area contributed by atoms with E-state index in [-0.39, 0.29) is 11.8 Å². The summed E-state index contributed by atoms with van der Waals surface area (Å²) in [6, 6.07) is 8.09. The minimum absolute atomic E-state index is 0.247. The van der Waals surface area contributed by atoms with Gasteiger partial charge in [-0.2, -0.15) is 0 Å². The lowest BCUT2D eigenvalue weighted by Crippen LogP contribution is -2.14. The van der Waals surface area contributed by atoms with Crippen LogP contribution in [0.5, 0.6) is 17.2 Å². The zero-order valence-electron chi connectivity index (χ0n) is 17.6. The van der Waals surface area contributed by atoms with Crippen molar-refractivity contribution in [3.05, 3.63) is 40.9 Å². The molecule has 8 heteroatoms. The average molecular weight is 435 g/mol. The molecule has 2 N–H and O–H groups in total. The monoisotopic (exact) mass is 434 g/mol. The van der Waals surface area contributed by atoms with Crippen LogP contribution in [0.1, 0.15) is 44.0 Å². The largest absolute Gasteiger partial charge is 0.495 e. The number of hydrogen-bond donors (Lipinski definition) is 2. The molecule has 2 amide bonds. The first kappa shape index (κ1) is 23.3. The Balaban J connectivity index is 2.27. The lowest BCUT2D eigenvalue weighted by atomic mass is 10.1. The van der Waals surface area contributed by atoms with Crippen LogP contribution < -0.4 is 24.8 Å². The molecule has 0 saturated heterocycles. The number of anilines is 2. The highest BCUT2D eigenvalue weighted by molar-refractivity contribution is 6.32. The molecule has 2 aromatic rings. The maximum atomic E-state index is 12.8. The number of amides is 2. The van der Waals surface area contributed by atoms with Gasteiger partial charge in [0.15, 0.2) is 11.5 Å². The Bertz CT molecular complexity index is 901. The Hall–Kier alpha value is -2.93. The number of hydrogen-bond acceptors (Lipinski definition) is 5. The third-order valence-corrected chi connectivity index (χ3v) is 4.36. The standard InChI is InChI=1S/C22H27ClN2O5/c1-5-7-10-30-21-17(23)11-15(12-20(21)29-6-2)22(27)25-16-8-9-19(28-4)18(13-16)24-14(3)26/h8-9,11-13H,5-7,10H2,1-4H3,(H,24,26)(H,25,27). The number of carbonyl (C=O) groups is 2. The van der Waals surface area contributed by atoms with E-state index in [4.69, 9.17) is 25.8 Å². The van der Waals surface area contributed by atoms with Crippen molar-refractivity contribution in [1.29, 1.82) is 0 Å². The number of benzene rings is 2. The molecule has 0 radical (unpaired) electrons. The number of halogens is 1. The number of unbranched alkanes of at least 4 members (excludes halogenated alkanes) is 1. The van der Waals surface area contributed by atoms with Gasteiger partial charge < -0.3 is 24.8 Å². The Morgan fingerprint density at radius 2 is 1.80 bits per heavy atom. The minimum Gasteiger partial charge on any atom is -0.495 e. The summed E-state index contributed by atoms with van der Waals surface area (Å²) in [5, 5.41) is 5.76. The SMILES string of the molecule is CCCCOc1c(Cl)cc(C(=O)Nc2ccc(OC)c(NC(C)=O)c2)cc1OCC. The van der Waals surface area contributed by atoms with Crippen LogP contribution in [0.2, 0.25) is 5.02 Å². The highest BCUT2D eigenvalue weighted by atomic mass is 35.5. The molecule has 0 unspecified atom stereocenters. The first-order valence-corrected chi connectivity index (χ1v) is 10.1. The van der Waals surface area contributed by atoms with E-state index in [1.165, 1.54) is 14.0 Å². The molecule has 0 bridgehead atoms. The van der Waals surface area contributed by atoms with E-state index < -0.39 is 0 Å². The van der Waals surface area contributed by atoms with Gasteiger partial charge in [-0.3, -0.25) is 9.59 Å². The molecule has 0 aliphatic carbocycles. The second-order valence-corrected chi connectivity index (χ2v) is 6.88. The van der Waals surface area contributed by atoms with Crippen LogP contribution in [0, 0.1) is 0 Å². The van der Waals surface area contributed by atoms with E-state index >= 15 is 0 Å². The van der Waals surface area contributed by atoms with Crippen molar-refractivity contribution < 1.29 is 23.8 Å². The quantitative estimate of drug-likeness (QED) is 0.506. The van der Waals surface area contributed by atoms with Crippen molar-refractivity contribution >= 4 is 34.8 Å². The van der Waals surface area contributed by atoms with Crippen molar-refractivity contribution in [2.75, 3.05) is 31.0 Å². The van der Waals surface area contributed by atoms with Gasteiger partial charge in [-0.1, -0.05) is 24.9 Å². The number of methoxy groups -OCH3 is 1. The number of ether oxygens (including phenoxy) is 3. The smallest absolute Gasteiger partial charge is 0.255 e. The second kappa shape index (κ2) is 11.3. The molecule has 0 fully saturated rings. The predicted molar refractivity (Wildman–Crippen MR) is 118 cm³/mol. The molecule has 0 spiro atoms. The molecule has 0 heterocycles. The van der Waals surface area contributed by atoms with Gasteiger partial charge in [0, 0.05) is 18.2 Å². The molecule has 0 atom stereocenters. The summed E-state index contributed by atoms with van der Waals surface area (Å²) in [5.41, 5.74) is 1.26. The van der Waals surface area contributed by atoms with Gasteiger partial charge in [0.2, 0.25) is 5.91 Å². The molecule has 0 saturated carbocycles. The Morgan fingerprint density at radius 1 is 1.03 bits per heavy atom. The van der Waals surface area contributed by atoms with Crippen LogP contribution in [0.3, 0.4) is 0 Å². The molecular formula is C22H27ClN2O5. The third kappa shape index (κ3) is 6.29. The zero-order valence-corrected chi connectivity index (χ0v) is 18.4. The molecular weight excluding hydrogens is 408 g/mol. The van der Waals surface area contributed by atoms with E-state index in [0.717, 1.165) is 12.8 Å². The molecule has 0 aliphatic rings. The van der Waals surface area contributed by atoms with Crippen molar-refractivity contribution in [3.63, 3.8) is 0 Å². The van der Waals surface area contributed by atoms with Gasteiger partial charge in [0.25, 0.3) is 5.91 Å². The fourth-order valence-corrected chi connectivity index (χ4v) is 2.96. The van der Waals surface area contributed by atoms with Crippen molar-refractivity contribution in [2.24, 2.45) is 0 Å². The predicted octanol–water partition coefficient (Wildman–Crippen LogP) is 5.14. The molecule has 2 aromatic carbocycles. The molecule has 0 aromatic heterocycles. The number of carbonyl (C=O) groups excluding carboxylic acids is 2. The van der Waals surface area contributed by atoms with Gasteiger partial charge in [0.1, 0.15) is 5.75 Å². The van der Waals surface area contributed by atoms with Gasteiger partial charge >= 0.3 is 0 Å². The van der Waals surface area contributed by atoms with Crippen LogP contribution in [-0.2, 0) is 4.79 Å². The second-order valence-electron chi connectivity index (χ2n) is 6.47. The van der Waals surface area contributed by atoms with Crippen LogP contribution in [0.15, 0.2) is 30.3 Å². The van der Waals surface area contributed by atoms with Gasteiger partial charge in [-0.15, -0.1) is 0 Å². The Morgan fingerprint density at radius 3 is 2.43 bits per heavy atom. The van der Waals surface area contributed by atoms with Gasteiger partial charge in [0.05, 0.1) is 31.0 Å². The first-order chi connectivity index (χ1) is 14.4. The summed E-state index contributed by atoms with van der Waals surface area (Å²) >= 11 is 6.37. The fraction of sp³-hybridized carbons (Fsp3) is 0.364. The lowest BCUT2D eigenvalue weighted by molar-refractivity contribution is -0.114. The molecule has 30 heavy (non-hydrogen) atoms. The van der Waals surface area contributed by atoms with Crippen LogP contribution in [0.4, 0.5) is 11.4 Å². The zero-order chi connectivity index (χ0) is 22.1. The molecule has 162 valence electrons. The van der Waals surface area contributed by atoms with Crippen molar-refractivity contribution in [2.45, 2.75) is 33.6 Å². The van der Waals surface area contributed by atoms with Gasteiger partial charge in [-0.25, -0.2) is 0 Å². The Labute approximate surface area is 181 Å². The summed E-state index contributed by atoms with van der Waals surface area (Å²) in [6.45, 7) is 6.23. The summed E-state index contributed by atoms with van der Waals surface area (Å²) in [4.78, 5) is 24.2. The number of nitrogens with one attached hydrogen (secondary N) is 2. The Kier molecular flexibility index (Phi) is 8.80. The van der Waals surface area contributed by atoms with Crippen LogP contribution in [-0.4, -0.2) is 32.1 Å². The third-order valence-electron chi connectivity index (χ3n) is 4.08. The molecule has 7 nitrogen and oxygen atoms in total. The normalized spacial score (nSPS) is 10.3. The van der Waals surface area contributed by atoms with Crippen molar-refractivity contribution in [1.82, 2.24) is 0 Å². The van der Waals surface area contributed by atoms with Gasteiger partial charge in [-0.05, 0) is 43.7 Å². The highest BCUT2D eigenvalue weighted by Gasteiger charge is 2.17. The van der Waals surface area contributed by atoms with E-state index in [1.54, 1.807) is 30.3 Å². The lowest BCUT2D eigenvalue weighted by Gasteiger charge is -2.15. The van der Waals surface area contributed by atoms with Crippen LogP contribution in [0.25, 0.3) is 0 Å². The van der Waals surface area contributed by atoms with Crippen LogP contribution >= 0.6 is 11.6 Å². The first-order valence-electron chi connectivity index (χ1n) is 9.75. The van der Waals surface area contributed by atoms with E-state index in [2.05, 4.69) is 17.6 Å². The van der Waals surface area contributed by atoms with E-state index in [9.17, 15) is 9.59 Å². The minimum atomic E-state index is -0.378. The summed E-state index contributed by atoms with van der Waals surface area (Å²) < 4.78 is 16.6. The summed E-state index contributed by atoms with van der Waals surface area (Å²) in [7, 11) is 1.50. The summed E-state index contributed by atoms with van der Waals surface area (Å²) in [5.74, 6) is 0.708. The number of rotatable bonds is 10. The molecule has 2 rings (SSSR count). The topological polar surface area (TPSA) is 85.9 Å². The van der Waals surface area contributed by atoms with Crippen molar-refractivity contribution in [3.8, 4) is 17.2 Å². The fourth-order valence-electron chi connectivity index (χ4n) is 2.70. The maximum Gasteiger partial charge on any atom is 0.255 e. The summed E-state index contributed by atoms with van der Waals surface area (Å²) in [6.07, 6.45) is 1.88.